The minimum Gasteiger partial charge on any atom is -0.395 e. The van der Waals surface area contributed by atoms with Crippen molar-refractivity contribution >= 4 is 28.9 Å². The third kappa shape index (κ3) is 3.25. The summed E-state index contributed by atoms with van der Waals surface area (Å²) in [5.41, 5.74) is 0.0949. The largest absolute Gasteiger partial charge is 0.395 e. The third-order valence-electron chi connectivity index (χ3n) is 3.35. The van der Waals surface area contributed by atoms with E-state index in [1.54, 1.807) is 0 Å². The zero-order chi connectivity index (χ0) is 15.6. The quantitative estimate of drug-likeness (QED) is 0.617. The van der Waals surface area contributed by atoms with E-state index in [-0.39, 0.29) is 47.1 Å². The lowest BCUT2D eigenvalue weighted by atomic mass is 10.1. The smallest absolute Gasteiger partial charge is 0.294 e. The van der Waals surface area contributed by atoms with Gasteiger partial charge in [0.25, 0.3) is 11.6 Å². The number of carbonyl (C=O) groups is 1. The van der Waals surface area contributed by atoms with Gasteiger partial charge in [0.15, 0.2) is 0 Å². The van der Waals surface area contributed by atoms with Gasteiger partial charge >= 0.3 is 0 Å². The number of nitro benzene ring substituents is 1. The summed E-state index contributed by atoms with van der Waals surface area (Å²) < 4.78 is 0. The highest BCUT2D eigenvalue weighted by Gasteiger charge is 2.33. The van der Waals surface area contributed by atoms with Crippen LogP contribution in [-0.4, -0.2) is 47.1 Å². The van der Waals surface area contributed by atoms with Gasteiger partial charge in [0.05, 0.1) is 16.6 Å². The van der Waals surface area contributed by atoms with E-state index in [0.29, 0.717) is 0 Å². The number of carbonyl (C=O) groups excluding carboxylic acids is 1. The summed E-state index contributed by atoms with van der Waals surface area (Å²) in [7, 11) is 1.53. The van der Waals surface area contributed by atoms with E-state index in [2.05, 4.69) is 5.32 Å². The molecule has 1 aliphatic carbocycles. The molecule has 0 spiro atoms. The molecule has 0 saturated heterocycles. The number of aliphatic hydroxyl groups excluding tert-OH is 1. The van der Waals surface area contributed by atoms with Crippen molar-refractivity contribution in [2.24, 2.45) is 0 Å². The van der Waals surface area contributed by atoms with Crippen LogP contribution in [0.4, 0.5) is 11.4 Å². The number of rotatable bonds is 6. The number of halogens is 1. The SMILES string of the molecule is CNc1c(Cl)cc(C(=O)N(CCO)C2CC2)cc1[N+](=O)[O-]. The molecule has 1 aromatic carbocycles. The highest BCUT2D eigenvalue weighted by Crippen LogP contribution is 2.35. The molecule has 7 nitrogen and oxygen atoms in total. The molecular weight excluding hydrogens is 298 g/mol. The molecule has 114 valence electrons. The average Bonchev–Trinajstić information content (AvgIpc) is 3.27. The first-order valence-electron chi connectivity index (χ1n) is 6.57. The Morgan fingerprint density at radius 3 is 2.71 bits per heavy atom. The van der Waals surface area contributed by atoms with Crippen LogP contribution in [0.25, 0.3) is 0 Å². The number of hydrogen-bond donors (Lipinski definition) is 2. The van der Waals surface area contributed by atoms with Crippen LogP contribution in [-0.2, 0) is 0 Å². The van der Waals surface area contributed by atoms with Gasteiger partial charge in [-0.25, -0.2) is 0 Å². The van der Waals surface area contributed by atoms with E-state index >= 15 is 0 Å². The molecule has 0 bridgehead atoms. The van der Waals surface area contributed by atoms with Crippen LogP contribution in [0.15, 0.2) is 12.1 Å². The van der Waals surface area contributed by atoms with Gasteiger partial charge < -0.3 is 15.3 Å². The molecule has 0 heterocycles. The minimum absolute atomic E-state index is 0.103. The van der Waals surface area contributed by atoms with Gasteiger partial charge in [-0.15, -0.1) is 0 Å². The van der Waals surface area contributed by atoms with Crippen molar-refractivity contribution in [2.75, 3.05) is 25.5 Å². The Kier molecular flexibility index (Phi) is 4.64. The van der Waals surface area contributed by atoms with E-state index in [9.17, 15) is 14.9 Å². The van der Waals surface area contributed by atoms with Gasteiger partial charge in [0, 0.05) is 31.3 Å². The Labute approximate surface area is 126 Å². The Morgan fingerprint density at radius 2 is 2.24 bits per heavy atom. The molecule has 0 unspecified atom stereocenters. The number of nitrogens with zero attached hydrogens (tertiary/aromatic N) is 2. The maximum Gasteiger partial charge on any atom is 0.294 e. The van der Waals surface area contributed by atoms with E-state index < -0.39 is 4.92 Å². The lowest BCUT2D eigenvalue weighted by molar-refractivity contribution is -0.384. The van der Waals surface area contributed by atoms with Crippen LogP contribution in [0, 0.1) is 10.1 Å². The molecule has 1 fully saturated rings. The molecule has 0 atom stereocenters. The molecular formula is C13H16ClN3O4. The van der Waals surface area contributed by atoms with Crippen molar-refractivity contribution in [3.63, 3.8) is 0 Å². The Balaban J connectivity index is 2.38. The predicted molar refractivity (Wildman–Crippen MR) is 78.8 cm³/mol. The van der Waals surface area contributed by atoms with E-state index in [0.717, 1.165) is 12.8 Å². The normalized spacial score (nSPS) is 13.9. The van der Waals surface area contributed by atoms with E-state index in [4.69, 9.17) is 16.7 Å². The Morgan fingerprint density at radius 1 is 1.57 bits per heavy atom. The lowest BCUT2D eigenvalue weighted by Gasteiger charge is -2.21. The highest BCUT2D eigenvalue weighted by molar-refractivity contribution is 6.34. The van der Waals surface area contributed by atoms with Crippen LogP contribution in [0.5, 0.6) is 0 Å². The van der Waals surface area contributed by atoms with Crippen molar-refractivity contribution in [1.82, 2.24) is 4.90 Å². The summed E-state index contributed by atoms with van der Waals surface area (Å²) in [4.78, 5) is 24.5. The van der Waals surface area contributed by atoms with Crippen molar-refractivity contribution < 1.29 is 14.8 Å². The first-order chi connectivity index (χ1) is 9.99. The molecule has 0 aliphatic heterocycles. The van der Waals surface area contributed by atoms with Gasteiger partial charge in [-0.3, -0.25) is 14.9 Å². The Bertz CT molecular complexity index is 575. The summed E-state index contributed by atoms with van der Waals surface area (Å²) in [5, 5.41) is 22.9. The molecule has 1 aromatic rings. The second-order valence-electron chi connectivity index (χ2n) is 4.81. The second-order valence-corrected chi connectivity index (χ2v) is 5.22. The number of hydrogen-bond acceptors (Lipinski definition) is 5. The van der Waals surface area contributed by atoms with Gasteiger partial charge in [-0.1, -0.05) is 11.6 Å². The topological polar surface area (TPSA) is 95.7 Å². The minimum atomic E-state index is -0.581. The second kappa shape index (κ2) is 6.28. The fraction of sp³-hybridized carbons (Fsp3) is 0.462. The first kappa shape index (κ1) is 15.5. The van der Waals surface area contributed by atoms with Gasteiger partial charge in [0.1, 0.15) is 5.69 Å². The zero-order valence-electron chi connectivity index (χ0n) is 11.5. The van der Waals surface area contributed by atoms with Crippen LogP contribution in [0.3, 0.4) is 0 Å². The number of benzene rings is 1. The fourth-order valence-electron chi connectivity index (χ4n) is 2.22. The molecule has 0 aromatic heterocycles. The summed E-state index contributed by atoms with van der Waals surface area (Å²) in [6.45, 7) is 0.0648. The van der Waals surface area contributed by atoms with Crippen molar-refractivity contribution in [3.8, 4) is 0 Å². The summed E-state index contributed by atoms with van der Waals surface area (Å²) in [5.74, 6) is -0.348. The predicted octanol–water partition coefficient (Wildman–Crippen LogP) is 1.89. The maximum absolute atomic E-state index is 12.5. The lowest BCUT2D eigenvalue weighted by Crippen LogP contribution is -2.35. The van der Waals surface area contributed by atoms with Crippen LogP contribution < -0.4 is 5.32 Å². The number of aliphatic hydroxyl groups is 1. The fourth-order valence-corrected chi connectivity index (χ4v) is 2.53. The van der Waals surface area contributed by atoms with Crippen molar-refractivity contribution in [3.05, 3.63) is 32.8 Å². The number of amides is 1. The molecule has 2 rings (SSSR count). The Hall–Kier alpha value is -1.86. The number of nitro groups is 1. The van der Waals surface area contributed by atoms with Crippen LogP contribution >= 0.6 is 11.6 Å². The standard InChI is InChI=1S/C13H16ClN3O4/c1-15-12-10(14)6-8(7-11(12)17(20)21)13(19)16(4-5-18)9-2-3-9/h6-7,9,15,18H,2-5H2,1H3. The van der Waals surface area contributed by atoms with Crippen LogP contribution in [0.2, 0.25) is 5.02 Å². The van der Waals surface area contributed by atoms with Gasteiger partial charge in [-0.05, 0) is 18.9 Å². The summed E-state index contributed by atoms with van der Waals surface area (Å²) in [6.07, 6.45) is 1.77. The molecule has 8 heteroatoms. The van der Waals surface area contributed by atoms with Crippen LogP contribution in [0.1, 0.15) is 23.2 Å². The van der Waals surface area contributed by atoms with E-state index in [1.807, 2.05) is 0 Å². The molecule has 1 amide bonds. The number of anilines is 1. The molecule has 1 saturated carbocycles. The molecule has 2 N–H and O–H groups in total. The summed E-state index contributed by atoms with van der Waals surface area (Å²) in [6, 6.07) is 2.73. The maximum atomic E-state index is 12.5. The van der Waals surface area contributed by atoms with E-state index in [1.165, 1.54) is 24.1 Å². The third-order valence-corrected chi connectivity index (χ3v) is 3.65. The van der Waals surface area contributed by atoms with Gasteiger partial charge in [0.2, 0.25) is 0 Å². The molecule has 1 aliphatic rings. The average molecular weight is 314 g/mol. The summed E-state index contributed by atoms with van der Waals surface area (Å²) >= 11 is 6.01. The molecule has 0 radical (unpaired) electrons. The van der Waals surface area contributed by atoms with Crippen molar-refractivity contribution in [1.29, 1.82) is 0 Å². The zero-order valence-corrected chi connectivity index (χ0v) is 12.3. The van der Waals surface area contributed by atoms with Crippen molar-refractivity contribution in [2.45, 2.75) is 18.9 Å². The monoisotopic (exact) mass is 313 g/mol. The number of nitrogens with one attached hydrogen (secondary N) is 1. The molecule has 21 heavy (non-hydrogen) atoms. The first-order valence-corrected chi connectivity index (χ1v) is 6.95. The van der Waals surface area contributed by atoms with Gasteiger partial charge in [-0.2, -0.15) is 0 Å². The highest BCUT2D eigenvalue weighted by atomic mass is 35.5.